The van der Waals surface area contributed by atoms with E-state index in [0.717, 1.165) is 32.8 Å². The molecule has 1 aliphatic rings. The zero-order valence-corrected chi connectivity index (χ0v) is 10.3. The molecule has 0 spiro atoms. The number of rotatable bonds is 6. The lowest BCUT2D eigenvalue weighted by molar-refractivity contribution is 0.108. The van der Waals surface area contributed by atoms with Crippen LogP contribution >= 0.6 is 0 Å². The van der Waals surface area contributed by atoms with E-state index in [4.69, 9.17) is 4.74 Å². The van der Waals surface area contributed by atoms with Gasteiger partial charge in [0.2, 0.25) is 0 Å². The average molecular weight is 215 g/mol. The van der Waals surface area contributed by atoms with Gasteiger partial charge < -0.3 is 15.0 Å². The fourth-order valence-corrected chi connectivity index (χ4v) is 1.88. The molecule has 1 heterocycles. The maximum atomic E-state index is 5.28. The topological polar surface area (TPSA) is 27.7 Å². The highest BCUT2D eigenvalue weighted by Crippen LogP contribution is 2.04. The number of likely N-dealkylation sites (N-methyl/N-ethyl adjacent to an activating group) is 2. The summed E-state index contributed by atoms with van der Waals surface area (Å²) in [5.41, 5.74) is 0. The molecule has 1 fully saturated rings. The van der Waals surface area contributed by atoms with Crippen LogP contribution in [0.5, 0.6) is 0 Å². The van der Waals surface area contributed by atoms with Crippen molar-refractivity contribution in [3.05, 3.63) is 0 Å². The van der Waals surface area contributed by atoms with Crippen LogP contribution in [0.3, 0.4) is 0 Å². The summed E-state index contributed by atoms with van der Waals surface area (Å²) in [5, 5.41) is 3.45. The third-order valence-electron chi connectivity index (χ3n) is 2.99. The fourth-order valence-electron chi connectivity index (χ4n) is 1.88. The molecule has 1 rings (SSSR count). The molecule has 0 aliphatic carbocycles. The van der Waals surface area contributed by atoms with Gasteiger partial charge in [-0.2, -0.15) is 0 Å². The average Bonchev–Trinajstić information content (AvgIpc) is 2.23. The van der Waals surface area contributed by atoms with E-state index < -0.39 is 0 Å². The van der Waals surface area contributed by atoms with E-state index in [1.54, 1.807) is 0 Å². The number of nitrogens with one attached hydrogen (secondary N) is 1. The molecular formula is C11H25N3O. The summed E-state index contributed by atoms with van der Waals surface area (Å²) < 4.78 is 5.28. The number of piperazine rings is 1. The summed E-state index contributed by atoms with van der Waals surface area (Å²) in [4.78, 5) is 4.84. The van der Waals surface area contributed by atoms with Gasteiger partial charge in [-0.25, -0.2) is 0 Å². The molecule has 1 aliphatic heterocycles. The lowest BCUT2D eigenvalue weighted by Crippen LogP contribution is -2.54. The molecule has 0 amide bonds. The van der Waals surface area contributed by atoms with E-state index in [0.29, 0.717) is 6.04 Å². The molecule has 90 valence electrons. The van der Waals surface area contributed by atoms with Crippen LogP contribution in [0.15, 0.2) is 0 Å². The third kappa shape index (κ3) is 4.93. The lowest BCUT2D eigenvalue weighted by atomic mass is 10.2. The molecule has 0 bridgehead atoms. The summed E-state index contributed by atoms with van der Waals surface area (Å²) in [5.74, 6) is 0. The van der Waals surface area contributed by atoms with E-state index in [1.165, 1.54) is 13.1 Å². The number of ether oxygens (including phenoxy) is 1. The van der Waals surface area contributed by atoms with E-state index in [9.17, 15) is 0 Å². The van der Waals surface area contributed by atoms with Crippen LogP contribution in [0.1, 0.15) is 6.92 Å². The van der Waals surface area contributed by atoms with Crippen molar-refractivity contribution in [1.29, 1.82) is 0 Å². The Hall–Kier alpha value is -0.160. The number of hydrogen-bond donors (Lipinski definition) is 1. The molecule has 0 aromatic heterocycles. The highest BCUT2D eigenvalue weighted by molar-refractivity contribution is 4.79. The van der Waals surface area contributed by atoms with Gasteiger partial charge in [0, 0.05) is 45.4 Å². The molecule has 4 nitrogen and oxygen atoms in total. The minimum Gasteiger partial charge on any atom is -0.380 e. The second kappa shape index (κ2) is 7.17. The van der Waals surface area contributed by atoms with Crippen molar-refractivity contribution < 1.29 is 4.74 Å². The number of hydrogen-bond acceptors (Lipinski definition) is 4. The third-order valence-corrected chi connectivity index (χ3v) is 2.99. The molecule has 0 aromatic rings. The Kier molecular flexibility index (Phi) is 6.17. The minimum absolute atomic E-state index is 0.644. The molecule has 0 radical (unpaired) electrons. The highest BCUT2D eigenvalue weighted by Gasteiger charge is 2.21. The molecule has 0 saturated carbocycles. The van der Waals surface area contributed by atoms with Crippen molar-refractivity contribution in [1.82, 2.24) is 15.1 Å². The quantitative estimate of drug-likeness (QED) is 0.624. The molecule has 1 saturated heterocycles. The van der Waals surface area contributed by atoms with Crippen molar-refractivity contribution in [3.63, 3.8) is 0 Å². The van der Waals surface area contributed by atoms with Gasteiger partial charge in [0.15, 0.2) is 0 Å². The molecule has 1 unspecified atom stereocenters. The van der Waals surface area contributed by atoms with Crippen LogP contribution in [-0.2, 0) is 4.74 Å². The zero-order valence-electron chi connectivity index (χ0n) is 10.3. The normalized spacial score (nSPS) is 24.6. The predicted octanol–water partition coefficient (Wildman–Crippen LogP) is -0.142. The molecule has 1 N–H and O–H groups in total. The van der Waals surface area contributed by atoms with Crippen LogP contribution in [0.2, 0.25) is 0 Å². The Morgan fingerprint density at radius 1 is 1.33 bits per heavy atom. The standard InChI is InChI=1S/C11H25N3O/c1-4-15-8-5-12-9-11-10-13(2)6-7-14(11)3/h11-12H,4-10H2,1-3H3. The van der Waals surface area contributed by atoms with Crippen molar-refractivity contribution in [2.45, 2.75) is 13.0 Å². The Morgan fingerprint density at radius 3 is 2.87 bits per heavy atom. The van der Waals surface area contributed by atoms with E-state index in [-0.39, 0.29) is 0 Å². The summed E-state index contributed by atoms with van der Waals surface area (Å²) in [6, 6.07) is 0.644. The zero-order chi connectivity index (χ0) is 11.1. The van der Waals surface area contributed by atoms with E-state index in [2.05, 4.69) is 29.2 Å². The largest absolute Gasteiger partial charge is 0.380 e. The molecular weight excluding hydrogens is 190 g/mol. The second-order valence-electron chi connectivity index (χ2n) is 4.30. The summed E-state index contributed by atoms with van der Waals surface area (Å²) in [6.07, 6.45) is 0. The van der Waals surface area contributed by atoms with Gasteiger partial charge in [0.1, 0.15) is 0 Å². The molecule has 0 aromatic carbocycles. The SMILES string of the molecule is CCOCCNCC1CN(C)CCN1C. The van der Waals surface area contributed by atoms with Gasteiger partial charge in [-0.05, 0) is 21.0 Å². The Bertz CT molecular complexity index is 166. The van der Waals surface area contributed by atoms with Crippen LogP contribution in [-0.4, -0.2) is 75.9 Å². The summed E-state index contributed by atoms with van der Waals surface area (Å²) >= 11 is 0. The van der Waals surface area contributed by atoms with Gasteiger partial charge in [-0.3, -0.25) is 4.90 Å². The van der Waals surface area contributed by atoms with Gasteiger partial charge in [0.05, 0.1) is 6.61 Å². The maximum Gasteiger partial charge on any atom is 0.0590 e. The summed E-state index contributed by atoms with van der Waals surface area (Å²) in [7, 11) is 4.40. The van der Waals surface area contributed by atoms with Crippen LogP contribution in [0, 0.1) is 0 Å². The fraction of sp³-hybridized carbons (Fsp3) is 1.00. The lowest BCUT2D eigenvalue weighted by Gasteiger charge is -2.37. The van der Waals surface area contributed by atoms with Crippen molar-refractivity contribution >= 4 is 0 Å². The van der Waals surface area contributed by atoms with Crippen molar-refractivity contribution in [2.24, 2.45) is 0 Å². The second-order valence-corrected chi connectivity index (χ2v) is 4.30. The van der Waals surface area contributed by atoms with Gasteiger partial charge in [0.25, 0.3) is 0 Å². The first kappa shape index (κ1) is 12.9. The Labute approximate surface area is 93.6 Å². The van der Waals surface area contributed by atoms with E-state index in [1.807, 2.05) is 6.92 Å². The van der Waals surface area contributed by atoms with Crippen LogP contribution in [0.25, 0.3) is 0 Å². The van der Waals surface area contributed by atoms with Crippen molar-refractivity contribution in [2.75, 3.05) is 60.0 Å². The maximum absolute atomic E-state index is 5.28. The molecule has 1 atom stereocenters. The van der Waals surface area contributed by atoms with Crippen molar-refractivity contribution in [3.8, 4) is 0 Å². The van der Waals surface area contributed by atoms with Gasteiger partial charge in [-0.1, -0.05) is 0 Å². The van der Waals surface area contributed by atoms with Gasteiger partial charge in [-0.15, -0.1) is 0 Å². The highest BCUT2D eigenvalue weighted by atomic mass is 16.5. The first-order valence-electron chi connectivity index (χ1n) is 5.91. The van der Waals surface area contributed by atoms with Gasteiger partial charge >= 0.3 is 0 Å². The van der Waals surface area contributed by atoms with E-state index >= 15 is 0 Å². The molecule has 15 heavy (non-hydrogen) atoms. The Balaban J connectivity index is 2.08. The molecule has 4 heteroatoms. The van der Waals surface area contributed by atoms with Crippen LogP contribution in [0.4, 0.5) is 0 Å². The predicted molar refractivity (Wildman–Crippen MR) is 63.3 cm³/mol. The smallest absolute Gasteiger partial charge is 0.0590 e. The first-order valence-corrected chi connectivity index (χ1v) is 5.91. The monoisotopic (exact) mass is 215 g/mol. The number of nitrogens with zero attached hydrogens (tertiary/aromatic N) is 2. The summed E-state index contributed by atoms with van der Waals surface area (Å²) in [6.45, 7) is 9.22. The first-order chi connectivity index (χ1) is 7.24. The van der Waals surface area contributed by atoms with Crippen LogP contribution < -0.4 is 5.32 Å². The Morgan fingerprint density at radius 2 is 2.13 bits per heavy atom. The minimum atomic E-state index is 0.644.